The average Bonchev–Trinajstić information content (AvgIpc) is 3.10. The molecule has 8 heteroatoms. The second kappa shape index (κ2) is 9.17. The zero-order valence-corrected chi connectivity index (χ0v) is 17.4. The van der Waals surface area contributed by atoms with E-state index in [1.165, 1.54) is 12.1 Å². The van der Waals surface area contributed by atoms with Crippen molar-refractivity contribution >= 4 is 45.1 Å². The molecule has 1 heterocycles. The molecule has 2 aromatic carbocycles. The Morgan fingerprint density at radius 2 is 1.97 bits per heavy atom. The normalized spacial score (nSPS) is 16.0. The van der Waals surface area contributed by atoms with Gasteiger partial charge in [-0.3, -0.25) is 14.4 Å². The number of esters is 1. The molecule has 1 N–H and O–H groups in total. The minimum atomic E-state index is -0.657. The van der Waals surface area contributed by atoms with Gasteiger partial charge in [-0.15, -0.1) is 0 Å². The molecule has 3 rings (SSSR count). The van der Waals surface area contributed by atoms with E-state index in [9.17, 15) is 18.8 Å². The Balaban J connectivity index is 1.52. The molecule has 1 unspecified atom stereocenters. The van der Waals surface area contributed by atoms with E-state index in [0.717, 1.165) is 17.7 Å². The van der Waals surface area contributed by atoms with Crippen LogP contribution < -0.4 is 10.2 Å². The predicted octanol–water partition coefficient (Wildman–Crippen LogP) is 3.69. The second-order valence-electron chi connectivity index (χ2n) is 6.71. The monoisotopic (exact) mass is 462 g/mol. The highest BCUT2D eigenvalue weighted by Crippen LogP contribution is 2.26. The van der Waals surface area contributed by atoms with E-state index in [4.69, 9.17) is 4.74 Å². The summed E-state index contributed by atoms with van der Waals surface area (Å²) in [6.45, 7) is 1.69. The number of carbonyl (C=O) groups is 3. The Morgan fingerprint density at radius 3 is 2.62 bits per heavy atom. The van der Waals surface area contributed by atoms with Crippen molar-refractivity contribution in [3.63, 3.8) is 0 Å². The van der Waals surface area contributed by atoms with E-state index < -0.39 is 30.2 Å². The van der Waals surface area contributed by atoms with E-state index in [2.05, 4.69) is 21.2 Å². The maximum absolute atomic E-state index is 13.8. The molecule has 6 nitrogen and oxygen atoms in total. The Kier molecular flexibility index (Phi) is 6.64. The fraction of sp³-hybridized carbons (Fsp3) is 0.286. The topological polar surface area (TPSA) is 75.7 Å². The van der Waals surface area contributed by atoms with Crippen LogP contribution in [0, 0.1) is 11.7 Å². The number of benzene rings is 2. The average molecular weight is 463 g/mol. The van der Waals surface area contributed by atoms with Crippen molar-refractivity contribution in [3.8, 4) is 0 Å². The van der Waals surface area contributed by atoms with Crippen LogP contribution in [0.15, 0.2) is 46.9 Å². The highest BCUT2D eigenvalue weighted by Gasteiger charge is 2.36. The van der Waals surface area contributed by atoms with E-state index in [-0.39, 0.29) is 24.6 Å². The molecule has 2 aromatic rings. The van der Waals surface area contributed by atoms with Crippen LogP contribution in [0.5, 0.6) is 0 Å². The number of rotatable bonds is 6. The summed E-state index contributed by atoms with van der Waals surface area (Å²) in [7, 11) is 0. The molecule has 0 aliphatic carbocycles. The first-order valence-corrected chi connectivity index (χ1v) is 9.97. The molecule has 0 spiro atoms. The fourth-order valence-electron chi connectivity index (χ4n) is 3.06. The number of hydrogen-bond acceptors (Lipinski definition) is 4. The lowest BCUT2D eigenvalue weighted by Crippen LogP contribution is -2.28. The van der Waals surface area contributed by atoms with Gasteiger partial charge in [0.25, 0.3) is 5.91 Å². The van der Waals surface area contributed by atoms with Gasteiger partial charge >= 0.3 is 5.97 Å². The smallest absolute Gasteiger partial charge is 0.311 e. The van der Waals surface area contributed by atoms with Gasteiger partial charge in [0.2, 0.25) is 5.91 Å². The van der Waals surface area contributed by atoms with E-state index in [1.54, 1.807) is 11.0 Å². The van der Waals surface area contributed by atoms with Gasteiger partial charge < -0.3 is 15.0 Å². The standard InChI is InChI=1S/C21H20BrFN2O4/c1-2-13-3-6-16(7-4-13)25-11-14(9-20(25)27)21(28)29-12-19(26)24-18-8-5-15(22)10-17(18)23/h3-8,10,14H,2,9,11-12H2,1H3,(H,24,26). The molecule has 29 heavy (non-hydrogen) atoms. The number of nitrogens with zero attached hydrogens (tertiary/aromatic N) is 1. The predicted molar refractivity (Wildman–Crippen MR) is 110 cm³/mol. The lowest BCUT2D eigenvalue weighted by Gasteiger charge is -2.17. The molecule has 1 aliphatic heterocycles. The lowest BCUT2D eigenvalue weighted by molar-refractivity contribution is -0.151. The van der Waals surface area contributed by atoms with Crippen molar-refractivity contribution < 1.29 is 23.5 Å². The third-order valence-corrected chi connectivity index (χ3v) is 5.16. The maximum atomic E-state index is 13.8. The number of nitrogens with one attached hydrogen (secondary N) is 1. The molecule has 0 bridgehead atoms. The lowest BCUT2D eigenvalue weighted by atomic mass is 10.1. The first-order chi connectivity index (χ1) is 13.9. The van der Waals surface area contributed by atoms with Gasteiger partial charge in [0, 0.05) is 23.1 Å². The third-order valence-electron chi connectivity index (χ3n) is 4.67. The van der Waals surface area contributed by atoms with Crippen LogP contribution in [0.2, 0.25) is 0 Å². The molecule has 2 amide bonds. The van der Waals surface area contributed by atoms with Crippen LogP contribution in [0.25, 0.3) is 0 Å². The number of anilines is 2. The van der Waals surface area contributed by atoms with Crippen molar-refractivity contribution in [1.29, 1.82) is 0 Å². The van der Waals surface area contributed by atoms with Crippen LogP contribution in [-0.4, -0.2) is 30.9 Å². The summed E-state index contributed by atoms with van der Waals surface area (Å²) in [5.74, 6) is -2.71. The van der Waals surface area contributed by atoms with E-state index in [1.807, 2.05) is 31.2 Å². The number of carbonyl (C=O) groups excluding carboxylic acids is 3. The van der Waals surface area contributed by atoms with Gasteiger partial charge in [-0.2, -0.15) is 0 Å². The van der Waals surface area contributed by atoms with Gasteiger partial charge in [0.1, 0.15) is 5.82 Å². The molecular formula is C21H20BrFN2O4. The number of hydrogen-bond donors (Lipinski definition) is 1. The summed E-state index contributed by atoms with van der Waals surface area (Å²) in [6, 6.07) is 11.8. The number of amides is 2. The van der Waals surface area contributed by atoms with Crippen LogP contribution in [0.1, 0.15) is 18.9 Å². The van der Waals surface area contributed by atoms with Crippen molar-refractivity contribution in [1.82, 2.24) is 0 Å². The zero-order valence-electron chi connectivity index (χ0n) is 15.8. The second-order valence-corrected chi connectivity index (χ2v) is 7.62. The molecule has 0 radical (unpaired) electrons. The van der Waals surface area contributed by atoms with Crippen LogP contribution in [-0.2, 0) is 25.5 Å². The summed E-state index contributed by atoms with van der Waals surface area (Å²) in [5, 5.41) is 2.35. The molecule has 0 aromatic heterocycles. The summed E-state index contributed by atoms with van der Waals surface area (Å²) >= 11 is 3.13. The molecule has 152 valence electrons. The van der Waals surface area contributed by atoms with Crippen LogP contribution in [0.3, 0.4) is 0 Å². The maximum Gasteiger partial charge on any atom is 0.311 e. The number of ether oxygens (including phenoxy) is 1. The van der Waals surface area contributed by atoms with E-state index >= 15 is 0 Å². The Labute approximate surface area is 176 Å². The molecular weight excluding hydrogens is 443 g/mol. The van der Waals surface area contributed by atoms with Crippen molar-refractivity contribution in [2.75, 3.05) is 23.4 Å². The largest absolute Gasteiger partial charge is 0.455 e. The Bertz CT molecular complexity index is 933. The number of aryl methyl sites for hydroxylation is 1. The Morgan fingerprint density at radius 1 is 1.24 bits per heavy atom. The fourth-order valence-corrected chi connectivity index (χ4v) is 3.39. The zero-order chi connectivity index (χ0) is 21.0. The SMILES string of the molecule is CCc1ccc(N2CC(C(=O)OCC(=O)Nc3ccc(Br)cc3F)CC2=O)cc1. The summed E-state index contributed by atoms with van der Waals surface area (Å²) in [5.41, 5.74) is 1.88. The van der Waals surface area contributed by atoms with Crippen molar-refractivity contribution in [2.45, 2.75) is 19.8 Å². The van der Waals surface area contributed by atoms with Crippen LogP contribution >= 0.6 is 15.9 Å². The molecule has 1 aliphatic rings. The Hall–Kier alpha value is -2.74. The van der Waals surface area contributed by atoms with Gasteiger partial charge in [0.15, 0.2) is 6.61 Å². The van der Waals surface area contributed by atoms with Gasteiger partial charge in [-0.05, 0) is 42.3 Å². The van der Waals surface area contributed by atoms with Crippen molar-refractivity contribution in [2.24, 2.45) is 5.92 Å². The molecule has 1 fully saturated rings. The first-order valence-electron chi connectivity index (χ1n) is 9.18. The minimum Gasteiger partial charge on any atom is -0.455 e. The van der Waals surface area contributed by atoms with E-state index in [0.29, 0.717) is 4.47 Å². The molecule has 1 saturated heterocycles. The summed E-state index contributed by atoms with van der Waals surface area (Å²) < 4.78 is 19.3. The summed E-state index contributed by atoms with van der Waals surface area (Å²) in [6.07, 6.45) is 0.923. The first kappa shape index (κ1) is 21.0. The quantitative estimate of drug-likeness (QED) is 0.664. The minimum absolute atomic E-state index is 0.00741. The van der Waals surface area contributed by atoms with Gasteiger partial charge in [0.05, 0.1) is 11.6 Å². The highest BCUT2D eigenvalue weighted by molar-refractivity contribution is 9.10. The molecule has 0 saturated carbocycles. The third kappa shape index (κ3) is 5.20. The molecule has 1 atom stereocenters. The summed E-state index contributed by atoms with van der Waals surface area (Å²) in [4.78, 5) is 38.0. The van der Waals surface area contributed by atoms with Gasteiger partial charge in [-0.1, -0.05) is 35.0 Å². The van der Waals surface area contributed by atoms with Crippen molar-refractivity contribution in [3.05, 3.63) is 58.3 Å². The van der Waals surface area contributed by atoms with Gasteiger partial charge in [-0.25, -0.2) is 4.39 Å². The number of halogens is 2. The highest BCUT2D eigenvalue weighted by atomic mass is 79.9. The van der Waals surface area contributed by atoms with Crippen LogP contribution in [0.4, 0.5) is 15.8 Å².